The Hall–Kier alpha value is -0.610. The lowest BCUT2D eigenvalue weighted by Gasteiger charge is -2.42. The fourth-order valence-electron chi connectivity index (χ4n) is 3.67. The SMILES string of the molecule is Cc1ccc(CN2CCN(C3CCN(C)CC3)CC2)c(Cl)c1. The topological polar surface area (TPSA) is 9.72 Å². The summed E-state index contributed by atoms with van der Waals surface area (Å²) >= 11 is 6.37. The molecule has 122 valence electrons. The van der Waals surface area contributed by atoms with Gasteiger partial charge in [0.05, 0.1) is 0 Å². The summed E-state index contributed by atoms with van der Waals surface area (Å²) in [4.78, 5) is 7.70. The summed E-state index contributed by atoms with van der Waals surface area (Å²) in [6.07, 6.45) is 2.67. The van der Waals surface area contributed by atoms with E-state index < -0.39 is 0 Å². The Labute approximate surface area is 139 Å². The fourth-order valence-corrected chi connectivity index (χ4v) is 3.96. The van der Waals surface area contributed by atoms with Crippen LogP contribution in [0.1, 0.15) is 24.0 Å². The van der Waals surface area contributed by atoms with E-state index in [1.54, 1.807) is 0 Å². The molecule has 2 aliphatic rings. The number of halogens is 1. The molecule has 0 bridgehead atoms. The maximum absolute atomic E-state index is 6.37. The van der Waals surface area contributed by atoms with E-state index in [0.29, 0.717) is 0 Å². The monoisotopic (exact) mass is 321 g/mol. The zero-order valence-electron chi connectivity index (χ0n) is 13.9. The first-order valence-corrected chi connectivity index (χ1v) is 8.89. The zero-order chi connectivity index (χ0) is 15.5. The molecule has 0 saturated carbocycles. The van der Waals surface area contributed by atoms with E-state index in [9.17, 15) is 0 Å². The maximum Gasteiger partial charge on any atom is 0.0453 e. The molecule has 2 saturated heterocycles. The number of aryl methyl sites for hydroxylation is 1. The average Bonchev–Trinajstić information content (AvgIpc) is 2.52. The van der Waals surface area contributed by atoms with Crippen molar-refractivity contribution in [1.82, 2.24) is 14.7 Å². The molecule has 0 radical (unpaired) electrons. The van der Waals surface area contributed by atoms with Gasteiger partial charge in [-0.2, -0.15) is 0 Å². The number of rotatable bonds is 3. The third kappa shape index (κ3) is 4.02. The van der Waals surface area contributed by atoms with E-state index in [1.807, 2.05) is 0 Å². The molecule has 3 nitrogen and oxygen atoms in total. The van der Waals surface area contributed by atoms with Crippen molar-refractivity contribution in [1.29, 1.82) is 0 Å². The van der Waals surface area contributed by atoms with Crippen LogP contribution in [-0.4, -0.2) is 67.1 Å². The molecule has 1 aromatic carbocycles. The van der Waals surface area contributed by atoms with Crippen molar-refractivity contribution in [2.24, 2.45) is 0 Å². The van der Waals surface area contributed by atoms with Crippen LogP contribution >= 0.6 is 11.6 Å². The number of hydrogen-bond acceptors (Lipinski definition) is 3. The van der Waals surface area contributed by atoms with Crippen molar-refractivity contribution in [2.75, 3.05) is 46.3 Å². The Balaban J connectivity index is 1.49. The summed E-state index contributed by atoms with van der Waals surface area (Å²) in [5.41, 5.74) is 2.50. The van der Waals surface area contributed by atoms with Crippen molar-refractivity contribution in [2.45, 2.75) is 32.4 Å². The minimum atomic E-state index is 0.807. The summed E-state index contributed by atoms with van der Waals surface area (Å²) in [5, 5.41) is 0.915. The molecule has 0 unspecified atom stereocenters. The van der Waals surface area contributed by atoms with Crippen LogP contribution in [-0.2, 0) is 6.54 Å². The first-order valence-electron chi connectivity index (χ1n) is 8.52. The smallest absolute Gasteiger partial charge is 0.0453 e. The van der Waals surface area contributed by atoms with Gasteiger partial charge in [-0.3, -0.25) is 9.80 Å². The Morgan fingerprint density at radius 2 is 1.73 bits per heavy atom. The van der Waals surface area contributed by atoms with Crippen LogP contribution in [0.5, 0.6) is 0 Å². The molecule has 0 atom stereocenters. The number of hydrogen-bond donors (Lipinski definition) is 0. The second-order valence-electron chi connectivity index (χ2n) is 6.94. The van der Waals surface area contributed by atoms with Crippen molar-refractivity contribution < 1.29 is 0 Å². The third-order valence-corrected chi connectivity index (χ3v) is 5.57. The highest BCUT2D eigenvalue weighted by atomic mass is 35.5. The number of nitrogens with zero attached hydrogens (tertiary/aromatic N) is 3. The van der Waals surface area contributed by atoms with Crippen LogP contribution in [0.3, 0.4) is 0 Å². The van der Waals surface area contributed by atoms with Crippen LogP contribution in [0.4, 0.5) is 0 Å². The number of benzene rings is 1. The Bertz CT molecular complexity index is 489. The van der Waals surface area contributed by atoms with Gasteiger partial charge in [-0.25, -0.2) is 0 Å². The van der Waals surface area contributed by atoms with Crippen LogP contribution in [0.25, 0.3) is 0 Å². The van der Waals surface area contributed by atoms with E-state index in [-0.39, 0.29) is 0 Å². The molecule has 0 amide bonds. The quantitative estimate of drug-likeness (QED) is 0.847. The molecule has 4 heteroatoms. The summed E-state index contributed by atoms with van der Waals surface area (Å²) < 4.78 is 0. The Morgan fingerprint density at radius 3 is 2.36 bits per heavy atom. The second-order valence-corrected chi connectivity index (χ2v) is 7.35. The van der Waals surface area contributed by atoms with Gasteiger partial charge in [-0.15, -0.1) is 0 Å². The molecule has 2 aliphatic heterocycles. The number of piperidine rings is 1. The zero-order valence-corrected chi connectivity index (χ0v) is 14.6. The number of piperazine rings is 1. The van der Waals surface area contributed by atoms with Gasteiger partial charge in [0, 0.05) is 43.8 Å². The van der Waals surface area contributed by atoms with Gasteiger partial charge >= 0.3 is 0 Å². The molecule has 0 spiro atoms. The van der Waals surface area contributed by atoms with Gasteiger partial charge in [0.15, 0.2) is 0 Å². The molecule has 3 rings (SSSR count). The normalized spacial score (nSPS) is 23.0. The number of likely N-dealkylation sites (tertiary alicyclic amines) is 1. The largest absolute Gasteiger partial charge is 0.306 e. The van der Waals surface area contributed by atoms with E-state index in [2.05, 4.69) is 46.9 Å². The van der Waals surface area contributed by atoms with Gasteiger partial charge in [-0.1, -0.05) is 23.7 Å². The van der Waals surface area contributed by atoms with E-state index >= 15 is 0 Å². The second kappa shape index (κ2) is 7.31. The average molecular weight is 322 g/mol. The molecule has 1 aromatic rings. The van der Waals surface area contributed by atoms with Crippen LogP contribution in [0.2, 0.25) is 5.02 Å². The highest BCUT2D eigenvalue weighted by Crippen LogP contribution is 2.21. The lowest BCUT2D eigenvalue weighted by molar-refractivity contribution is 0.0618. The lowest BCUT2D eigenvalue weighted by atomic mass is 10.0. The summed E-state index contributed by atoms with van der Waals surface area (Å²) in [5.74, 6) is 0. The van der Waals surface area contributed by atoms with Crippen molar-refractivity contribution in [3.05, 3.63) is 34.3 Å². The molecule has 22 heavy (non-hydrogen) atoms. The summed E-state index contributed by atoms with van der Waals surface area (Å²) in [6, 6.07) is 7.23. The van der Waals surface area contributed by atoms with Gasteiger partial charge in [0.1, 0.15) is 0 Å². The molecule has 0 aliphatic carbocycles. The maximum atomic E-state index is 6.37. The van der Waals surface area contributed by atoms with E-state index in [1.165, 1.54) is 50.1 Å². The van der Waals surface area contributed by atoms with E-state index in [0.717, 1.165) is 30.7 Å². The van der Waals surface area contributed by atoms with Gasteiger partial charge in [0.2, 0.25) is 0 Å². The molecular weight excluding hydrogens is 294 g/mol. The molecule has 2 fully saturated rings. The predicted molar refractivity (Wildman–Crippen MR) is 93.6 cm³/mol. The first kappa shape index (κ1) is 16.3. The van der Waals surface area contributed by atoms with Crippen molar-refractivity contribution in [3.63, 3.8) is 0 Å². The predicted octanol–water partition coefficient (Wildman–Crippen LogP) is 2.86. The molecule has 0 aromatic heterocycles. The standard InChI is InChI=1S/C18H28ClN3/c1-15-3-4-16(18(19)13-15)14-21-9-11-22(12-10-21)17-5-7-20(2)8-6-17/h3-4,13,17H,5-12,14H2,1-2H3. The lowest BCUT2D eigenvalue weighted by Crippen LogP contribution is -2.52. The van der Waals surface area contributed by atoms with Gasteiger partial charge in [-0.05, 0) is 57.1 Å². The molecular formula is C18H28ClN3. The van der Waals surface area contributed by atoms with Crippen LogP contribution in [0, 0.1) is 6.92 Å². The van der Waals surface area contributed by atoms with E-state index in [4.69, 9.17) is 11.6 Å². The van der Waals surface area contributed by atoms with Gasteiger partial charge < -0.3 is 4.90 Å². The van der Waals surface area contributed by atoms with Crippen molar-refractivity contribution >= 4 is 11.6 Å². The Morgan fingerprint density at radius 1 is 1.05 bits per heavy atom. The van der Waals surface area contributed by atoms with Gasteiger partial charge in [0.25, 0.3) is 0 Å². The minimum Gasteiger partial charge on any atom is -0.306 e. The van der Waals surface area contributed by atoms with Crippen LogP contribution < -0.4 is 0 Å². The Kier molecular flexibility index (Phi) is 5.40. The molecule has 2 heterocycles. The third-order valence-electron chi connectivity index (χ3n) is 5.21. The van der Waals surface area contributed by atoms with Crippen molar-refractivity contribution in [3.8, 4) is 0 Å². The minimum absolute atomic E-state index is 0.807. The molecule has 0 N–H and O–H groups in total. The fraction of sp³-hybridized carbons (Fsp3) is 0.667. The highest BCUT2D eigenvalue weighted by molar-refractivity contribution is 6.31. The first-order chi connectivity index (χ1) is 10.6. The summed E-state index contributed by atoms with van der Waals surface area (Å²) in [6.45, 7) is 10.3. The van der Waals surface area contributed by atoms with Crippen LogP contribution in [0.15, 0.2) is 18.2 Å². The summed E-state index contributed by atoms with van der Waals surface area (Å²) in [7, 11) is 2.24. The highest BCUT2D eigenvalue weighted by Gasteiger charge is 2.26.